The maximum absolute atomic E-state index is 11.8. The lowest BCUT2D eigenvalue weighted by Crippen LogP contribution is -2.44. The van der Waals surface area contributed by atoms with Crippen LogP contribution in [-0.4, -0.2) is 79.9 Å². The van der Waals surface area contributed by atoms with Gasteiger partial charge in [0.2, 0.25) is 0 Å². The van der Waals surface area contributed by atoms with Crippen molar-refractivity contribution in [2.24, 2.45) is 5.10 Å². The van der Waals surface area contributed by atoms with Gasteiger partial charge in [0.05, 0.1) is 6.54 Å². The molecule has 6 heteroatoms. The van der Waals surface area contributed by atoms with Gasteiger partial charge in [0, 0.05) is 46.0 Å². The Hall–Kier alpha value is -1.14. The molecule has 1 saturated heterocycles. The summed E-state index contributed by atoms with van der Waals surface area (Å²) in [4.78, 5) is 16.0. The Morgan fingerprint density at radius 3 is 2.74 bits per heavy atom. The number of hydrazone groups is 1. The fraction of sp³-hybridized carbons (Fsp3) is 0.846. The molecular formula is C13H25N5O. The summed E-state index contributed by atoms with van der Waals surface area (Å²) in [6.07, 6.45) is 5.19. The van der Waals surface area contributed by atoms with E-state index in [4.69, 9.17) is 0 Å². The van der Waals surface area contributed by atoms with E-state index in [1.807, 2.05) is 7.05 Å². The van der Waals surface area contributed by atoms with Gasteiger partial charge in [0.15, 0.2) is 0 Å². The number of nitrogens with zero attached hydrogens (tertiary/aromatic N) is 4. The second kappa shape index (κ2) is 7.45. The molecule has 0 spiro atoms. The molecular weight excluding hydrogens is 242 g/mol. The predicted molar refractivity (Wildman–Crippen MR) is 76.4 cm³/mol. The lowest BCUT2D eigenvalue weighted by Gasteiger charge is -2.28. The average molecular weight is 267 g/mol. The number of amides is 2. The number of rotatable bonds is 6. The Bertz CT molecular complexity index is 314. The van der Waals surface area contributed by atoms with Crippen LogP contribution in [0.5, 0.6) is 0 Å². The second-order valence-electron chi connectivity index (χ2n) is 5.24. The van der Waals surface area contributed by atoms with Crippen LogP contribution in [0.4, 0.5) is 4.79 Å². The number of carbonyl (C=O) groups is 1. The number of unbranched alkanes of at least 4 members (excludes halogenated alkanes) is 2. The maximum Gasteiger partial charge on any atom is 0.340 e. The summed E-state index contributed by atoms with van der Waals surface area (Å²) in [5.41, 5.74) is 0. The minimum Gasteiger partial charge on any atom is -0.321 e. The summed E-state index contributed by atoms with van der Waals surface area (Å²) in [6.45, 7) is 7.10. The fourth-order valence-corrected chi connectivity index (χ4v) is 2.44. The van der Waals surface area contributed by atoms with Crippen molar-refractivity contribution in [2.75, 3.05) is 52.9 Å². The molecule has 2 aliphatic heterocycles. The summed E-state index contributed by atoms with van der Waals surface area (Å²) < 4.78 is 0. The van der Waals surface area contributed by atoms with E-state index in [9.17, 15) is 4.79 Å². The van der Waals surface area contributed by atoms with Gasteiger partial charge in [-0.3, -0.25) is 0 Å². The number of hydrogen-bond acceptors (Lipinski definition) is 4. The summed E-state index contributed by atoms with van der Waals surface area (Å²) in [6, 6.07) is 0.0182. The quantitative estimate of drug-likeness (QED) is 0.709. The molecule has 108 valence electrons. The largest absolute Gasteiger partial charge is 0.340 e. The number of piperazine rings is 1. The van der Waals surface area contributed by atoms with Gasteiger partial charge in [-0.25, -0.2) is 9.80 Å². The number of carbonyl (C=O) groups excluding carboxylic acids is 1. The summed E-state index contributed by atoms with van der Waals surface area (Å²) >= 11 is 0. The van der Waals surface area contributed by atoms with Crippen molar-refractivity contribution < 1.29 is 4.79 Å². The van der Waals surface area contributed by atoms with Crippen LogP contribution in [0.25, 0.3) is 0 Å². The zero-order valence-electron chi connectivity index (χ0n) is 11.8. The molecule has 19 heavy (non-hydrogen) atoms. The first kappa shape index (κ1) is 14.3. The van der Waals surface area contributed by atoms with Crippen molar-refractivity contribution >= 4 is 12.2 Å². The van der Waals surface area contributed by atoms with Crippen molar-refractivity contribution in [3.63, 3.8) is 0 Å². The van der Waals surface area contributed by atoms with Crippen LogP contribution in [0.15, 0.2) is 5.10 Å². The fourth-order valence-electron chi connectivity index (χ4n) is 2.44. The van der Waals surface area contributed by atoms with E-state index >= 15 is 0 Å². The summed E-state index contributed by atoms with van der Waals surface area (Å²) in [7, 11) is 1.81. The molecule has 0 radical (unpaired) electrons. The Morgan fingerprint density at radius 2 is 1.95 bits per heavy atom. The highest BCUT2D eigenvalue weighted by atomic mass is 16.2. The van der Waals surface area contributed by atoms with E-state index in [-0.39, 0.29) is 6.03 Å². The van der Waals surface area contributed by atoms with Gasteiger partial charge in [-0.15, -0.1) is 0 Å². The highest BCUT2D eigenvalue weighted by Gasteiger charge is 2.19. The first-order chi connectivity index (χ1) is 9.27. The van der Waals surface area contributed by atoms with Crippen LogP contribution >= 0.6 is 0 Å². The number of hydrogen-bond donors (Lipinski definition) is 1. The molecule has 2 amide bonds. The van der Waals surface area contributed by atoms with E-state index in [2.05, 4.69) is 15.3 Å². The van der Waals surface area contributed by atoms with Crippen LogP contribution in [-0.2, 0) is 0 Å². The van der Waals surface area contributed by atoms with Crippen LogP contribution in [0.2, 0.25) is 0 Å². The molecule has 0 aromatic heterocycles. The third-order valence-corrected chi connectivity index (χ3v) is 3.68. The Morgan fingerprint density at radius 1 is 1.21 bits per heavy atom. The molecule has 0 atom stereocenters. The predicted octanol–water partition coefficient (Wildman–Crippen LogP) is 0.415. The first-order valence-corrected chi connectivity index (χ1v) is 7.25. The van der Waals surface area contributed by atoms with E-state index in [0.717, 1.165) is 32.5 Å². The molecule has 0 aliphatic carbocycles. The standard InChI is InChI=1S/C13H25N5O/c1-16-10-7-15-18(13(16)19)9-4-2-3-8-17-11-5-14-6-12-17/h7,14H,2-6,8-12H2,1H3. The van der Waals surface area contributed by atoms with Crippen molar-refractivity contribution in [2.45, 2.75) is 19.3 Å². The lowest BCUT2D eigenvalue weighted by molar-refractivity contribution is 0.163. The summed E-state index contributed by atoms with van der Waals surface area (Å²) in [5.74, 6) is 0. The molecule has 0 saturated carbocycles. The maximum atomic E-state index is 11.8. The average Bonchev–Trinajstić information content (AvgIpc) is 2.44. The minimum atomic E-state index is 0.0182. The zero-order valence-corrected chi connectivity index (χ0v) is 11.8. The van der Waals surface area contributed by atoms with Crippen LogP contribution < -0.4 is 5.32 Å². The number of nitrogens with one attached hydrogen (secondary N) is 1. The van der Waals surface area contributed by atoms with Crippen LogP contribution in [0.1, 0.15) is 19.3 Å². The number of urea groups is 1. The molecule has 1 N–H and O–H groups in total. The van der Waals surface area contributed by atoms with Gasteiger partial charge in [0.1, 0.15) is 0 Å². The monoisotopic (exact) mass is 267 g/mol. The van der Waals surface area contributed by atoms with Gasteiger partial charge in [-0.05, 0) is 19.4 Å². The van der Waals surface area contributed by atoms with E-state index in [1.165, 1.54) is 26.1 Å². The van der Waals surface area contributed by atoms with Gasteiger partial charge in [0.25, 0.3) is 0 Å². The molecule has 2 aliphatic rings. The highest BCUT2D eigenvalue weighted by molar-refractivity contribution is 5.81. The van der Waals surface area contributed by atoms with Crippen LogP contribution in [0.3, 0.4) is 0 Å². The van der Waals surface area contributed by atoms with Crippen molar-refractivity contribution in [1.82, 2.24) is 20.1 Å². The normalized spacial score (nSPS) is 21.2. The minimum absolute atomic E-state index is 0.0182. The topological polar surface area (TPSA) is 51.2 Å². The molecule has 0 aromatic carbocycles. The van der Waals surface area contributed by atoms with Crippen molar-refractivity contribution in [3.8, 4) is 0 Å². The molecule has 1 fully saturated rings. The second-order valence-corrected chi connectivity index (χ2v) is 5.24. The summed E-state index contributed by atoms with van der Waals surface area (Å²) in [5, 5.41) is 9.09. The Labute approximate surface area is 115 Å². The van der Waals surface area contributed by atoms with Gasteiger partial charge in [-0.1, -0.05) is 6.42 Å². The van der Waals surface area contributed by atoms with Crippen molar-refractivity contribution in [1.29, 1.82) is 0 Å². The Balaban J connectivity index is 1.55. The third kappa shape index (κ3) is 4.47. The first-order valence-electron chi connectivity index (χ1n) is 7.25. The van der Waals surface area contributed by atoms with E-state index in [0.29, 0.717) is 6.54 Å². The smallest absolute Gasteiger partial charge is 0.321 e. The molecule has 0 aromatic rings. The molecule has 6 nitrogen and oxygen atoms in total. The Kier molecular flexibility index (Phi) is 5.60. The van der Waals surface area contributed by atoms with E-state index < -0.39 is 0 Å². The highest BCUT2D eigenvalue weighted by Crippen LogP contribution is 2.06. The van der Waals surface area contributed by atoms with E-state index in [1.54, 1.807) is 16.1 Å². The van der Waals surface area contributed by atoms with Gasteiger partial charge >= 0.3 is 6.03 Å². The molecule has 2 heterocycles. The molecule has 0 unspecified atom stereocenters. The van der Waals surface area contributed by atoms with Gasteiger partial charge in [-0.2, -0.15) is 5.10 Å². The molecule has 2 rings (SSSR count). The van der Waals surface area contributed by atoms with Crippen LogP contribution in [0, 0.1) is 0 Å². The lowest BCUT2D eigenvalue weighted by atomic mass is 10.2. The third-order valence-electron chi connectivity index (χ3n) is 3.68. The molecule has 0 bridgehead atoms. The van der Waals surface area contributed by atoms with Gasteiger partial charge < -0.3 is 15.1 Å². The van der Waals surface area contributed by atoms with Crippen molar-refractivity contribution in [3.05, 3.63) is 0 Å². The zero-order chi connectivity index (χ0) is 13.5. The SMILES string of the molecule is CN1CC=NN(CCCCCN2CCNCC2)C1=O.